The Morgan fingerprint density at radius 3 is 2.13 bits per heavy atom. The molecule has 0 heterocycles. The van der Waals surface area contributed by atoms with Crippen molar-refractivity contribution in [2.24, 2.45) is 10.8 Å². The fourth-order valence-electron chi connectivity index (χ4n) is 1.47. The van der Waals surface area contributed by atoms with Gasteiger partial charge < -0.3 is 5.32 Å². The van der Waals surface area contributed by atoms with E-state index >= 15 is 0 Å². The lowest BCUT2D eigenvalue weighted by atomic mass is 9.79. The van der Waals surface area contributed by atoms with Crippen LogP contribution in [0.25, 0.3) is 0 Å². The van der Waals surface area contributed by atoms with Gasteiger partial charge >= 0.3 is 0 Å². The fraction of sp³-hybridized carbons (Fsp3) is 0.857. The highest BCUT2D eigenvalue weighted by molar-refractivity contribution is 4.93. The summed E-state index contributed by atoms with van der Waals surface area (Å²) >= 11 is 0. The largest absolute Gasteiger partial charge is 0.316 e. The third-order valence-electron chi connectivity index (χ3n) is 2.89. The molecule has 0 saturated heterocycles. The van der Waals surface area contributed by atoms with Crippen LogP contribution in [0.3, 0.4) is 0 Å². The first-order valence-corrected chi connectivity index (χ1v) is 6.17. The second kappa shape index (κ2) is 6.32. The van der Waals surface area contributed by atoms with E-state index in [0.717, 1.165) is 13.1 Å². The zero-order chi connectivity index (χ0) is 11.9. The van der Waals surface area contributed by atoms with Gasteiger partial charge in [0, 0.05) is 6.54 Å². The lowest BCUT2D eigenvalue weighted by Crippen LogP contribution is -2.31. The molecule has 1 unspecified atom stereocenters. The molecular weight excluding hydrogens is 182 g/mol. The van der Waals surface area contributed by atoms with Gasteiger partial charge in [-0.05, 0) is 36.6 Å². The summed E-state index contributed by atoms with van der Waals surface area (Å²) in [6.45, 7) is 17.5. The maximum absolute atomic E-state index is 3.97. The minimum atomic E-state index is 0.252. The monoisotopic (exact) mass is 211 g/mol. The minimum Gasteiger partial charge on any atom is -0.316 e. The Balaban J connectivity index is 4.01. The lowest BCUT2D eigenvalue weighted by Gasteiger charge is -2.30. The Bertz CT molecular complexity index is 178. The van der Waals surface area contributed by atoms with Crippen molar-refractivity contribution in [3.63, 3.8) is 0 Å². The van der Waals surface area contributed by atoms with Crippen LogP contribution in [0, 0.1) is 10.8 Å². The highest BCUT2D eigenvalue weighted by atomic mass is 14.9. The zero-order valence-electron chi connectivity index (χ0n) is 11.3. The summed E-state index contributed by atoms with van der Waals surface area (Å²) in [5, 5.41) is 3.49. The molecule has 0 amide bonds. The molecule has 0 bridgehead atoms. The summed E-state index contributed by atoms with van der Waals surface area (Å²) in [5.41, 5.74) is 0.678. The summed E-state index contributed by atoms with van der Waals surface area (Å²) in [7, 11) is 0. The molecule has 0 aliphatic heterocycles. The first kappa shape index (κ1) is 14.7. The van der Waals surface area contributed by atoms with Crippen LogP contribution in [0.4, 0.5) is 0 Å². The summed E-state index contributed by atoms with van der Waals surface area (Å²) in [5.74, 6) is 0. The van der Waals surface area contributed by atoms with Gasteiger partial charge in [0.05, 0.1) is 0 Å². The molecule has 0 radical (unpaired) electrons. The molecule has 0 fully saturated rings. The minimum absolute atomic E-state index is 0.252. The summed E-state index contributed by atoms with van der Waals surface area (Å²) < 4.78 is 0. The van der Waals surface area contributed by atoms with Crippen molar-refractivity contribution in [2.45, 2.75) is 53.9 Å². The quantitative estimate of drug-likeness (QED) is 0.496. The first-order valence-electron chi connectivity index (χ1n) is 6.17. The van der Waals surface area contributed by atoms with E-state index in [-0.39, 0.29) is 5.41 Å². The molecular formula is C14H29N. The summed E-state index contributed by atoms with van der Waals surface area (Å²) in [4.78, 5) is 0. The molecule has 0 aromatic heterocycles. The zero-order valence-corrected chi connectivity index (χ0v) is 11.3. The molecule has 15 heavy (non-hydrogen) atoms. The second-order valence-electron chi connectivity index (χ2n) is 6.10. The number of rotatable bonds is 7. The molecule has 0 aromatic rings. The Labute approximate surface area is 96.3 Å². The van der Waals surface area contributed by atoms with Crippen LogP contribution in [0.15, 0.2) is 12.7 Å². The molecule has 1 heteroatoms. The molecule has 0 rings (SSSR count). The van der Waals surface area contributed by atoms with E-state index in [9.17, 15) is 0 Å². The second-order valence-corrected chi connectivity index (χ2v) is 6.10. The van der Waals surface area contributed by atoms with Crippen LogP contribution in [-0.4, -0.2) is 13.1 Å². The van der Waals surface area contributed by atoms with Gasteiger partial charge in [-0.3, -0.25) is 0 Å². The fourth-order valence-corrected chi connectivity index (χ4v) is 1.47. The smallest absolute Gasteiger partial charge is 0.00398 e. The van der Waals surface area contributed by atoms with Gasteiger partial charge in [0.15, 0.2) is 0 Å². The molecule has 0 aliphatic rings. The van der Waals surface area contributed by atoms with Crippen molar-refractivity contribution in [3.8, 4) is 0 Å². The third kappa shape index (κ3) is 7.61. The molecule has 0 spiro atoms. The Morgan fingerprint density at radius 2 is 1.73 bits per heavy atom. The highest BCUT2D eigenvalue weighted by Crippen LogP contribution is 2.30. The van der Waals surface area contributed by atoms with E-state index in [4.69, 9.17) is 0 Å². The molecule has 0 aliphatic carbocycles. The van der Waals surface area contributed by atoms with Gasteiger partial charge in [-0.15, -0.1) is 6.58 Å². The van der Waals surface area contributed by atoms with E-state index in [0.29, 0.717) is 5.41 Å². The third-order valence-corrected chi connectivity index (χ3v) is 2.89. The van der Waals surface area contributed by atoms with Gasteiger partial charge in [-0.2, -0.15) is 0 Å². The SMILES string of the molecule is C=CC(C)(CCC(C)(C)C)CNCCC. The van der Waals surface area contributed by atoms with Crippen molar-refractivity contribution in [2.75, 3.05) is 13.1 Å². The summed E-state index contributed by atoms with van der Waals surface area (Å²) in [6, 6.07) is 0. The van der Waals surface area contributed by atoms with Gasteiger partial charge in [0.25, 0.3) is 0 Å². The first-order chi connectivity index (χ1) is 6.83. The lowest BCUT2D eigenvalue weighted by molar-refractivity contribution is 0.276. The molecule has 1 N–H and O–H groups in total. The maximum Gasteiger partial charge on any atom is 0.00398 e. The normalized spacial score (nSPS) is 16.1. The highest BCUT2D eigenvalue weighted by Gasteiger charge is 2.22. The molecule has 90 valence electrons. The van der Waals surface area contributed by atoms with Crippen molar-refractivity contribution in [1.29, 1.82) is 0 Å². The van der Waals surface area contributed by atoms with Gasteiger partial charge in [-0.25, -0.2) is 0 Å². The Morgan fingerprint density at radius 1 is 1.13 bits per heavy atom. The Hall–Kier alpha value is -0.300. The number of hydrogen-bond donors (Lipinski definition) is 1. The Kier molecular flexibility index (Phi) is 6.19. The standard InChI is InChI=1S/C14H29N/c1-7-11-15-12-14(6,8-2)10-9-13(3,4)5/h8,15H,2,7,9-12H2,1,3-6H3. The average molecular weight is 211 g/mol. The van der Waals surface area contributed by atoms with E-state index in [1.165, 1.54) is 19.3 Å². The topological polar surface area (TPSA) is 12.0 Å². The van der Waals surface area contributed by atoms with Gasteiger partial charge in [0.1, 0.15) is 0 Å². The summed E-state index contributed by atoms with van der Waals surface area (Å²) in [6.07, 6.45) is 5.79. The maximum atomic E-state index is 3.97. The van der Waals surface area contributed by atoms with Gasteiger partial charge in [0.2, 0.25) is 0 Å². The predicted molar refractivity (Wildman–Crippen MR) is 70.2 cm³/mol. The van der Waals surface area contributed by atoms with Crippen LogP contribution in [0.1, 0.15) is 53.9 Å². The van der Waals surface area contributed by atoms with E-state index < -0.39 is 0 Å². The van der Waals surface area contributed by atoms with Crippen molar-refractivity contribution in [1.82, 2.24) is 5.32 Å². The number of hydrogen-bond acceptors (Lipinski definition) is 1. The van der Waals surface area contributed by atoms with E-state index in [1.807, 2.05) is 0 Å². The molecule has 0 aromatic carbocycles. The average Bonchev–Trinajstić information content (AvgIpc) is 2.14. The van der Waals surface area contributed by atoms with Crippen LogP contribution < -0.4 is 5.32 Å². The van der Waals surface area contributed by atoms with Gasteiger partial charge in [-0.1, -0.05) is 40.7 Å². The van der Waals surface area contributed by atoms with E-state index in [1.54, 1.807) is 0 Å². The molecule has 0 saturated carbocycles. The molecule has 1 nitrogen and oxygen atoms in total. The van der Waals surface area contributed by atoms with Crippen LogP contribution in [-0.2, 0) is 0 Å². The van der Waals surface area contributed by atoms with Crippen LogP contribution in [0.2, 0.25) is 0 Å². The van der Waals surface area contributed by atoms with Crippen LogP contribution >= 0.6 is 0 Å². The number of nitrogens with one attached hydrogen (secondary N) is 1. The van der Waals surface area contributed by atoms with E-state index in [2.05, 4.69) is 52.6 Å². The van der Waals surface area contributed by atoms with Crippen molar-refractivity contribution in [3.05, 3.63) is 12.7 Å². The predicted octanol–water partition coefficient (Wildman–Crippen LogP) is 4.00. The van der Waals surface area contributed by atoms with Crippen molar-refractivity contribution < 1.29 is 0 Å². The molecule has 1 atom stereocenters. The van der Waals surface area contributed by atoms with Crippen molar-refractivity contribution >= 4 is 0 Å². The van der Waals surface area contributed by atoms with Crippen LogP contribution in [0.5, 0.6) is 0 Å².